The average Bonchev–Trinajstić information content (AvgIpc) is 0.900. The summed E-state index contributed by atoms with van der Waals surface area (Å²) < 4.78 is 68.8. The van der Waals surface area contributed by atoms with Gasteiger partial charge in [0.15, 0.2) is 12.2 Å². The molecule has 0 amide bonds. The molecule has 638 valence electrons. The fraction of sp³-hybridized carbons (Fsp3) is 0.910. The summed E-state index contributed by atoms with van der Waals surface area (Å²) in [4.78, 5) is 73.2. The summed E-state index contributed by atoms with van der Waals surface area (Å²) in [6, 6.07) is 0. The van der Waals surface area contributed by atoms with Gasteiger partial charge in [-0.2, -0.15) is 0 Å². The molecule has 0 aromatic rings. The van der Waals surface area contributed by atoms with Crippen LogP contribution in [0.5, 0.6) is 0 Å². The van der Waals surface area contributed by atoms with E-state index in [4.69, 9.17) is 37.0 Å². The molecule has 0 aliphatic heterocycles. The zero-order valence-electron chi connectivity index (χ0n) is 70.8. The second kappa shape index (κ2) is 78.4. The number of allylic oxidation sites excluding steroid dienone is 4. The summed E-state index contributed by atoms with van der Waals surface area (Å²) in [6.45, 7) is 12.0. The highest BCUT2D eigenvalue weighted by Crippen LogP contribution is 2.45. The van der Waals surface area contributed by atoms with Crippen LogP contribution in [0.25, 0.3) is 0 Å². The van der Waals surface area contributed by atoms with E-state index in [-0.39, 0.29) is 25.7 Å². The predicted molar refractivity (Wildman–Crippen MR) is 446 cm³/mol. The van der Waals surface area contributed by atoms with Crippen molar-refractivity contribution in [2.75, 3.05) is 39.6 Å². The lowest BCUT2D eigenvalue weighted by Crippen LogP contribution is -2.30. The Morgan fingerprint density at radius 2 is 0.546 bits per heavy atom. The van der Waals surface area contributed by atoms with Crippen LogP contribution in [0.3, 0.4) is 0 Å². The first-order valence-corrected chi connectivity index (χ1v) is 48.2. The number of hydrogen-bond donors (Lipinski definition) is 3. The second-order valence-corrected chi connectivity index (χ2v) is 35.2. The highest BCUT2D eigenvalue weighted by atomic mass is 31.2. The number of aliphatic hydroxyl groups is 1. The monoisotopic (exact) mass is 1570 g/mol. The average molecular weight is 1570 g/mol. The van der Waals surface area contributed by atoms with Crippen LogP contribution in [0.15, 0.2) is 24.3 Å². The van der Waals surface area contributed by atoms with E-state index in [9.17, 15) is 43.2 Å². The van der Waals surface area contributed by atoms with E-state index in [1.54, 1.807) is 0 Å². The van der Waals surface area contributed by atoms with Crippen molar-refractivity contribution in [2.24, 2.45) is 17.8 Å². The molecule has 0 aromatic heterocycles. The molecule has 0 spiro atoms. The van der Waals surface area contributed by atoms with Crippen molar-refractivity contribution < 1.29 is 80.2 Å². The number of ether oxygens (including phenoxy) is 4. The Labute approximate surface area is 663 Å². The molecule has 0 heterocycles. The van der Waals surface area contributed by atoms with Crippen molar-refractivity contribution in [3.05, 3.63) is 24.3 Å². The van der Waals surface area contributed by atoms with Gasteiger partial charge in [-0.1, -0.05) is 394 Å². The molecular weight excluding hydrogens is 1400 g/mol. The van der Waals surface area contributed by atoms with Gasteiger partial charge in [0.25, 0.3) is 0 Å². The number of esters is 4. The number of carbonyl (C=O) groups is 4. The van der Waals surface area contributed by atoms with Gasteiger partial charge in [-0.15, -0.1) is 0 Å². The lowest BCUT2D eigenvalue weighted by Gasteiger charge is -2.21. The van der Waals surface area contributed by atoms with Gasteiger partial charge in [0.05, 0.1) is 26.4 Å². The van der Waals surface area contributed by atoms with E-state index in [0.717, 1.165) is 121 Å². The first-order valence-electron chi connectivity index (χ1n) is 45.2. The van der Waals surface area contributed by atoms with Crippen LogP contribution >= 0.6 is 15.6 Å². The number of hydrogen-bond acceptors (Lipinski definition) is 15. The maximum absolute atomic E-state index is 13.2. The summed E-state index contributed by atoms with van der Waals surface area (Å²) in [5, 5.41) is 10.7. The largest absolute Gasteiger partial charge is 0.472 e. The molecule has 3 N–H and O–H groups in total. The highest BCUT2D eigenvalue weighted by Gasteiger charge is 2.31. The minimum atomic E-state index is -4.97. The van der Waals surface area contributed by atoms with Gasteiger partial charge in [0.1, 0.15) is 19.3 Å². The minimum absolute atomic E-state index is 0.0841. The number of aliphatic hydroxyl groups excluding tert-OH is 1. The van der Waals surface area contributed by atoms with Crippen molar-refractivity contribution in [1.82, 2.24) is 0 Å². The summed E-state index contributed by atoms with van der Waals surface area (Å²) >= 11 is 0. The first kappa shape index (κ1) is 106. The van der Waals surface area contributed by atoms with E-state index >= 15 is 0 Å². The van der Waals surface area contributed by atoms with Gasteiger partial charge >= 0.3 is 39.5 Å². The van der Waals surface area contributed by atoms with Gasteiger partial charge in [0.2, 0.25) is 0 Å². The second-order valence-electron chi connectivity index (χ2n) is 32.3. The van der Waals surface area contributed by atoms with Crippen LogP contribution in [0.4, 0.5) is 0 Å². The molecule has 0 saturated carbocycles. The fourth-order valence-corrected chi connectivity index (χ4v) is 14.9. The van der Waals surface area contributed by atoms with Crippen molar-refractivity contribution in [2.45, 2.75) is 465 Å². The lowest BCUT2D eigenvalue weighted by atomic mass is 9.99. The maximum atomic E-state index is 13.2. The Bertz CT molecular complexity index is 2180. The Kier molecular flexibility index (Phi) is 76.6. The topological polar surface area (TPSA) is 237 Å². The third kappa shape index (κ3) is 78.8. The van der Waals surface area contributed by atoms with Crippen molar-refractivity contribution in [3.63, 3.8) is 0 Å². The van der Waals surface area contributed by atoms with Crippen LogP contribution in [0.2, 0.25) is 0 Å². The third-order valence-corrected chi connectivity index (χ3v) is 22.9. The predicted octanol–water partition coefficient (Wildman–Crippen LogP) is 26.8. The molecule has 0 rings (SSSR count). The first-order chi connectivity index (χ1) is 52.3. The molecule has 4 unspecified atom stereocenters. The highest BCUT2D eigenvalue weighted by molar-refractivity contribution is 7.47. The normalized spacial score (nSPS) is 14.5. The van der Waals surface area contributed by atoms with E-state index in [2.05, 4.69) is 72.8 Å². The lowest BCUT2D eigenvalue weighted by molar-refractivity contribution is -0.161. The van der Waals surface area contributed by atoms with Crippen molar-refractivity contribution >= 4 is 39.5 Å². The molecule has 0 saturated heterocycles. The van der Waals surface area contributed by atoms with Gasteiger partial charge in [0, 0.05) is 25.7 Å². The van der Waals surface area contributed by atoms with E-state index in [1.807, 2.05) is 0 Å². The number of carbonyl (C=O) groups excluding carboxylic acids is 4. The van der Waals surface area contributed by atoms with Gasteiger partial charge in [-0.25, -0.2) is 9.13 Å². The van der Waals surface area contributed by atoms with Crippen LogP contribution in [0, 0.1) is 17.8 Å². The van der Waals surface area contributed by atoms with Crippen molar-refractivity contribution in [3.8, 4) is 0 Å². The quantitative estimate of drug-likeness (QED) is 0.0169. The van der Waals surface area contributed by atoms with Gasteiger partial charge in [-0.3, -0.25) is 37.3 Å². The number of unbranched alkanes of at least 4 members (excludes halogenated alkanes) is 48. The number of rotatable bonds is 85. The Hall–Kier alpha value is -2.46. The van der Waals surface area contributed by atoms with E-state index in [1.165, 1.54) is 238 Å². The van der Waals surface area contributed by atoms with E-state index in [0.29, 0.717) is 31.6 Å². The third-order valence-electron chi connectivity index (χ3n) is 21.0. The number of phosphoric acid groups is 2. The molecule has 0 aliphatic carbocycles. The summed E-state index contributed by atoms with van der Waals surface area (Å²) in [6.07, 6.45) is 73.3. The SMILES string of the molecule is CCCCCC/C=C\C=C/CCCCCCCC(=O)O[C@H](COC(=O)CCCCCCCCC(C)C)COP(=O)(O)OC[C@H](O)COP(=O)(O)OC[C@@H](COC(=O)CCCCCCCCCCCCCCCCCCCCC(C)CC)OC(=O)CCCCCCCCCCCCCCCCCCCCC(C)CC. The van der Waals surface area contributed by atoms with Crippen molar-refractivity contribution in [1.29, 1.82) is 0 Å². The minimum Gasteiger partial charge on any atom is -0.462 e. The van der Waals surface area contributed by atoms with Crippen LogP contribution in [-0.2, 0) is 65.4 Å². The molecule has 0 aromatic carbocycles. The molecule has 7 atom stereocenters. The Morgan fingerprint density at radius 3 is 0.824 bits per heavy atom. The zero-order chi connectivity index (χ0) is 79.3. The summed E-state index contributed by atoms with van der Waals surface area (Å²) in [5.41, 5.74) is 0. The molecule has 108 heavy (non-hydrogen) atoms. The van der Waals surface area contributed by atoms with Gasteiger partial charge in [-0.05, 0) is 69.1 Å². The molecule has 19 heteroatoms. The maximum Gasteiger partial charge on any atom is 0.472 e. The summed E-state index contributed by atoms with van der Waals surface area (Å²) in [7, 11) is -9.94. The fourth-order valence-electron chi connectivity index (χ4n) is 13.3. The summed E-state index contributed by atoms with van der Waals surface area (Å²) in [5.74, 6) is 0.283. The van der Waals surface area contributed by atoms with E-state index < -0.39 is 97.5 Å². The Morgan fingerprint density at radius 1 is 0.306 bits per heavy atom. The number of phosphoric ester groups is 2. The van der Waals surface area contributed by atoms with Crippen LogP contribution in [-0.4, -0.2) is 96.7 Å². The molecular formula is C89H170O17P2. The van der Waals surface area contributed by atoms with Crippen LogP contribution in [0.1, 0.15) is 447 Å². The zero-order valence-corrected chi connectivity index (χ0v) is 72.6. The molecule has 0 fully saturated rings. The standard InChI is InChI=1S/C89H170O17P2/c1-8-11-12-13-14-15-16-17-26-34-39-44-49-58-65-73-89(94)106-85(77-100-87(92)71-64-57-52-51-53-60-67-80(4)5)79-104-108(97,98)102-75-83(90)74-101-107(95,96)103-78-84(105-88(93)72-66-59-50-45-40-35-30-25-21-19-23-28-32-37-42-47-55-62-69-82(7)10-3)76-99-86(91)70-63-56-48-43-38-33-29-24-20-18-22-27-31-36-41-46-54-61-68-81(6)9-2/h15-17,26,80-85,90H,8-14,18-25,27-79H2,1-7H3,(H,95,96)(H,97,98)/b16-15-,26-17-/t81?,82?,83-,84-,85-/m1/s1. The smallest absolute Gasteiger partial charge is 0.462 e. The van der Waals surface area contributed by atoms with Gasteiger partial charge < -0.3 is 33.8 Å². The Balaban J connectivity index is 5.22. The molecule has 0 bridgehead atoms. The molecule has 0 radical (unpaired) electrons. The van der Waals surface area contributed by atoms with Crippen LogP contribution < -0.4 is 0 Å². The molecule has 0 aliphatic rings. The molecule has 17 nitrogen and oxygen atoms in total.